The Morgan fingerprint density at radius 1 is 1.12 bits per heavy atom. The molecule has 1 aliphatic carbocycles. The Kier molecular flexibility index (Phi) is 4.93. The maximum Gasteiger partial charge on any atom is 0.434 e. The maximum atomic E-state index is 13.1. The maximum absolute atomic E-state index is 13.1. The van der Waals surface area contributed by atoms with E-state index in [2.05, 4.69) is 10.3 Å². The van der Waals surface area contributed by atoms with Crippen LogP contribution in [0.3, 0.4) is 0 Å². The zero-order chi connectivity index (χ0) is 18.2. The molecule has 8 heteroatoms. The Balaban J connectivity index is 1.80. The fraction of sp³-hybridized carbons (Fsp3) is 0.294. The number of amides is 1. The van der Waals surface area contributed by atoms with Gasteiger partial charge in [0.05, 0.1) is 10.6 Å². The van der Waals surface area contributed by atoms with E-state index < -0.39 is 23.3 Å². The van der Waals surface area contributed by atoms with Gasteiger partial charge in [0.1, 0.15) is 0 Å². The van der Waals surface area contributed by atoms with Gasteiger partial charge in [-0.1, -0.05) is 35.3 Å². The van der Waals surface area contributed by atoms with Crippen LogP contribution in [0.25, 0.3) is 0 Å². The van der Waals surface area contributed by atoms with Gasteiger partial charge < -0.3 is 5.32 Å². The molecule has 1 aliphatic rings. The zero-order valence-corrected chi connectivity index (χ0v) is 14.3. The first-order valence-electron chi connectivity index (χ1n) is 7.55. The Labute approximate surface area is 152 Å². The molecule has 0 bridgehead atoms. The minimum atomic E-state index is -4.76. The van der Waals surface area contributed by atoms with E-state index in [9.17, 15) is 18.0 Å². The second-order valence-electron chi connectivity index (χ2n) is 5.83. The SMILES string of the molecule is O=C(N[C@H]1CC[C@H]1c1ccc(Cl)cc1)c1c(Cl)ccnc1C(F)(F)F. The summed E-state index contributed by atoms with van der Waals surface area (Å²) in [6.07, 6.45) is -2.31. The summed E-state index contributed by atoms with van der Waals surface area (Å²) in [5.74, 6) is -0.833. The summed E-state index contributed by atoms with van der Waals surface area (Å²) in [7, 11) is 0. The quantitative estimate of drug-likeness (QED) is 0.795. The molecule has 1 aromatic heterocycles. The smallest absolute Gasteiger partial charge is 0.349 e. The number of nitrogens with one attached hydrogen (secondary N) is 1. The van der Waals surface area contributed by atoms with Crippen LogP contribution in [-0.4, -0.2) is 16.9 Å². The van der Waals surface area contributed by atoms with Crippen LogP contribution in [0, 0.1) is 0 Å². The second-order valence-corrected chi connectivity index (χ2v) is 6.67. The van der Waals surface area contributed by atoms with E-state index in [1.165, 1.54) is 6.07 Å². The van der Waals surface area contributed by atoms with E-state index in [-0.39, 0.29) is 17.0 Å². The van der Waals surface area contributed by atoms with Crippen LogP contribution >= 0.6 is 23.2 Å². The minimum Gasteiger partial charge on any atom is -0.349 e. The molecule has 25 heavy (non-hydrogen) atoms. The van der Waals surface area contributed by atoms with Gasteiger partial charge in [-0.25, -0.2) is 0 Å². The number of aromatic nitrogens is 1. The highest BCUT2D eigenvalue weighted by atomic mass is 35.5. The third-order valence-corrected chi connectivity index (χ3v) is 4.85. The number of alkyl halides is 3. The van der Waals surface area contributed by atoms with Crippen molar-refractivity contribution in [2.45, 2.75) is 31.0 Å². The number of hydrogen-bond donors (Lipinski definition) is 1. The van der Waals surface area contributed by atoms with Crippen LogP contribution in [0.5, 0.6) is 0 Å². The third-order valence-electron chi connectivity index (χ3n) is 4.28. The lowest BCUT2D eigenvalue weighted by atomic mass is 9.75. The van der Waals surface area contributed by atoms with Crippen molar-refractivity contribution in [1.82, 2.24) is 10.3 Å². The fourth-order valence-electron chi connectivity index (χ4n) is 2.89. The first kappa shape index (κ1) is 18.0. The molecule has 2 aromatic rings. The number of benzene rings is 1. The van der Waals surface area contributed by atoms with E-state index in [1.54, 1.807) is 12.1 Å². The molecule has 1 N–H and O–H groups in total. The van der Waals surface area contributed by atoms with Crippen molar-refractivity contribution in [2.75, 3.05) is 0 Å². The van der Waals surface area contributed by atoms with Crippen LogP contribution in [0.1, 0.15) is 40.4 Å². The molecule has 1 fully saturated rings. The monoisotopic (exact) mass is 388 g/mol. The average molecular weight is 389 g/mol. The molecule has 3 nitrogen and oxygen atoms in total. The average Bonchev–Trinajstić information content (AvgIpc) is 2.52. The highest BCUT2D eigenvalue weighted by Crippen LogP contribution is 2.38. The van der Waals surface area contributed by atoms with Gasteiger partial charge in [0.15, 0.2) is 5.69 Å². The summed E-state index contributed by atoms with van der Waals surface area (Å²) in [6.45, 7) is 0. The van der Waals surface area contributed by atoms with Crippen molar-refractivity contribution in [2.24, 2.45) is 0 Å². The van der Waals surface area contributed by atoms with E-state index in [0.29, 0.717) is 11.4 Å². The van der Waals surface area contributed by atoms with Gasteiger partial charge in [-0.05, 0) is 36.6 Å². The van der Waals surface area contributed by atoms with Crippen molar-refractivity contribution in [3.63, 3.8) is 0 Å². The molecule has 1 saturated carbocycles. The Hall–Kier alpha value is -1.79. The van der Waals surface area contributed by atoms with Crippen molar-refractivity contribution < 1.29 is 18.0 Å². The molecule has 1 amide bonds. The Morgan fingerprint density at radius 3 is 2.36 bits per heavy atom. The van der Waals surface area contributed by atoms with Gasteiger partial charge in [-0.2, -0.15) is 13.2 Å². The van der Waals surface area contributed by atoms with Gasteiger partial charge in [0.25, 0.3) is 5.91 Å². The van der Waals surface area contributed by atoms with Crippen LogP contribution in [0.2, 0.25) is 10.0 Å². The molecule has 0 saturated heterocycles. The number of rotatable bonds is 3. The Morgan fingerprint density at radius 2 is 1.80 bits per heavy atom. The first-order chi connectivity index (χ1) is 11.8. The number of carbonyl (C=O) groups excluding carboxylic acids is 1. The zero-order valence-electron chi connectivity index (χ0n) is 12.8. The number of hydrogen-bond acceptors (Lipinski definition) is 2. The van der Waals surface area contributed by atoms with Crippen molar-refractivity contribution in [3.05, 3.63) is 63.4 Å². The van der Waals surface area contributed by atoms with Crippen LogP contribution in [0.15, 0.2) is 36.5 Å². The van der Waals surface area contributed by atoms with Crippen molar-refractivity contribution in [1.29, 1.82) is 0 Å². The molecule has 0 spiro atoms. The number of carbonyl (C=O) groups is 1. The molecule has 2 atom stereocenters. The first-order valence-corrected chi connectivity index (χ1v) is 8.31. The van der Waals surface area contributed by atoms with E-state index in [0.717, 1.165) is 18.2 Å². The second kappa shape index (κ2) is 6.84. The molecule has 132 valence electrons. The topological polar surface area (TPSA) is 42.0 Å². The predicted molar refractivity (Wildman–Crippen MR) is 88.9 cm³/mol. The lowest BCUT2D eigenvalue weighted by molar-refractivity contribution is -0.141. The third kappa shape index (κ3) is 3.75. The molecule has 0 radical (unpaired) electrons. The van der Waals surface area contributed by atoms with E-state index in [1.807, 2.05) is 12.1 Å². The van der Waals surface area contributed by atoms with Crippen molar-refractivity contribution in [3.8, 4) is 0 Å². The number of halogens is 5. The summed E-state index contributed by atoms with van der Waals surface area (Å²) in [5.41, 5.74) is -0.937. The lowest BCUT2D eigenvalue weighted by Gasteiger charge is -2.37. The van der Waals surface area contributed by atoms with E-state index in [4.69, 9.17) is 23.2 Å². The fourth-order valence-corrected chi connectivity index (χ4v) is 3.25. The Bertz CT molecular complexity index is 793. The lowest BCUT2D eigenvalue weighted by Crippen LogP contribution is -2.46. The summed E-state index contributed by atoms with van der Waals surface area (Å²) in [4.78, 5) is 15.7. The normalized spacial score (nSPS) is 20.0. The van der Waals surface area contributed by atoms with Crippen LogP contribution in [-0.2, 0) is 6.18 Å². The van der Waals surface area contributed by atoms with Gasteiger partial charge in [-0.3, -0.25) is 9.78 Å². The van der Waals surface area contributed by atoms with Crippen molar-refractivity contribution >= 4 is 29.1 Å². The minimum absolute atomic E-state index is 0.0333. The van der Waals surface area contributed by atoms with Crippen LogP contribution in [0.4, 0.5) is 13.2 Å². The number of pyridine rings is 1. The molecule has 1 aromatic carbocycles. The van der Waals surface area contributed by atoms with E-state index >= 15 is 0 Å². The number of nitrogens with zero attached hydrogens (tertiary/aromatic N) is 1. The summed E-state index contributed by atoms with van der Waals surface area (Å²) in [5, 5.41) is 2.97. The largest absolute Gasteiger partial charge is 0.434 e. The van der Waals surface area contributed by atoms with Gasteiger partial charge in [-0.15, -0.1) is 0 Å². The predicted octanol–water partition coefficient (Wildman–Crippen LogP) is 5.08. The van der Waals surface area contributed by atoms with Gasteiger partial charge >= 0.3 is 6.18 Å². The summed E-state index contributed by atoms with van der Waals surface area (Å²) >= 11 is 11.7. The highest BCUT2D eigenvalue weighted by molar-refractivity contribution is 6.34. The molecule has 3 rings (SSSR count). The molecular weight excluding hydrogens is 376 g/mol. The van der Waals surface area contributed by atoms with Crippen LogP contribution < -0.4 is 5.32 Å². The molecular formula is C17H13Cl2F3N2O. The highest BCUT2D eigenvalue weighted by Gasteiger charge is 2.40. The molecule has 0 unspecified atom stereocenters. The molecule has 1 heterocycles. The summed E-state index contributed by atoms with van der Waals surface area (Å²) < 4.78 is 39.3. The standard InChI is InChI=1S/C17H13Cl2F3N2O/c18-10-3-1-9(2-4-10)11-5-6-13(11)24-16(25)14-12(19)7-8-23-15(14)17(20,21)22/h1-4,7-8,11,13H,5-6H2,(H,24,25)/t11-,13-/m0/s1. The van der Waals surface area contributed by atoms with Gasteiger partial charge in [0, 0.05) is 23.2 Å². The van der Waals surface area contributed by atoms with Gasteiger partial charge in [0.2, 0.25) is 0 Å². The molecule has 0 aliphatic heterocycles. The summed E-state index contributed by atoms with van der Waals surface area (Å²) in [6, 6.07) is 8.10.